The number of aromatic nitrogens is 1. The van der Waals surface area contributed by atoms with Gasteiger partial charge in [0.1, 0.15) is 11.8 Å². The lowest BCUT2D eigenvalue weighted by Gasteiger charge is -2.36. The summed E-state index contributed by atoms with van der Waals surface area (Å²) in [4.78, 5) is 9.01. The van der Waals surface area contributed by atoms with Gasteiger partial charge in [0, 0.05) is 11.3 Å². The van der Waals surface area contributed by atoms with Gasteiger partial charge in [-0.05, 0) is 32.6 Å². The first-order chi connectivity index (χ1) is 9.56. The second-order valence-corrected chi connectivity index (χ2v) is 7.28. The van der Waals surface area contributed by atoms with Crippen molar-refractivity contribution in [2.75, 3.05) is 5.75 Å². The molecule has 1 aliphatic heterocycles. The highest BCUT2D eigenvalue weighted by molar-refractivity contribution is 8.14. The van der Waals surface area contributed by atoms with Crippen LogP contribution in [0.15, 0.2) is 15.6 Å². The molecule has 1 aromatic heterocycles. The zero-order valence-corrected chi connectivity index (χ0v) is 13.3. The van der Waals surface area contributed by atoms with Gasteiger partial charge in [0.15, 0.2) is 5.17 Å². The van der Waals surface area contributed by atoms with Crippen LogP contribution < -0.4 is 5.32 Å². The molecule has 20 heavy (non-hydrogen) atoms. The Morgan fingerprint density at radius 3 is 3.15 bits per heavy atom. The van der Waals surface area contributed by atoms with Crippen molar-refractivity contribution in [3.63, 3.8) is 0 Å². The molecule has 2 heterocycles. The summed E-state index contributed by atoms with van der Waals surface area (Å²) in [7, 11) is 0. The minimum atomic E-state index is -0.0186. The van der Waals surface area contributed by atoms with E-state index in [1.807, 2.05) is 25.6 Å². The van der Waals surface area contributed by atoms with Crippen molar-refractivity contribution in [2.45, 2.75) is 58.0 Å². The Bertz CT molecular complexity index is 513. The second kappa shape index (κ2) is 5.43. The number of amidine groups is 1. The minimum Gasteiger partial charge on any atom is -0.444 e. The summed E-state index contributed by atoms with van der Waals surface area (Å²) >= 11 is 1.85. The summed E-state index contributed by atoms with van der Waals surface area (Å²) in [5.74, 6) is 3.52. The Balaban J connectivity index is 1.68. The zero-order valence-electron chi connectivity index (χ0n) is 12.5. The first kappa shape index (κ1) is 14.0. The Morgan fingerprint density at radius 2 is 2.45 bits per heavy atom. The van der Waals surface area contributed by atoms with Gasteiger partial charge in [-0.1, -0.05) is 31.5 Å². The molecule has 2 aliphatic rings. The SMILES string of the molecule is Cc1cnc(C(C)N=C2NC3(CCCC(C)C3)CS2)o1. The van der Waals surface area contributed by atoms with Crippen LogP contribution in [0.25, 0.3) is 0 Å². The Labute approximate surface area is 124 Å². The lowest BCUT2D eigenvalue weighted by Crippen LogP contribution is -2.47. The Kier molecular flexibility index (Phi) is 3.80. The molecule has 110 valence electrons. The molecule has 1 saturated carbocycles. The van der Waals surface area contributed by atoms with Crippen LogP contribution in [0.2, 0.25) is 0 Å². The van der Waals surface area contributed by atoms with Gasteiger partial charge in [0.2, 0.25) is 5.89 Å². The van der Waals surface area contributed by atoms with Crippen LogP contribution in [0.4, 0.5) is 0 Å². The predicted molar refractivity (Wildman–Crippen MR) is 83.0 cm³/mol. The lowest BCUT2D eigenvalue weighted by atomic mass is 9.78. The standard InChI is InChI=1S/C15H23N3OS/c1-10-5-4-6-15(7-10)9-20-14(18-15)17-12(3)13-16-8-11(2)19-13/h8,10,12H,4-7,9H2,1-3H3,(H,17,18). The molecule has 1 saturated heterocycles. The Morgan fingerprint density at radius 1 is 1.60 bits per heavy atom. The van der Waals surface area contributed by atoms with Crippen molar-refractivity contribution < 1.29 is 4.42 Å². The van der Waals surface area contributed by atoms with Crippen molar-refractivity contribution in [3.05, 3.63) is 17.8 Å². The number of hydrogen-bond acceptors (Lipinski definition) is 4. The number of nitrogens with one attached hydrogen (secondary N) is 1. The average Bonchev–Trinajstić information content (AvgIpc) is 2.97. The van der Waals surface area contributed by atoms with Crippen LogP contribution in [-0.4, -0.2) is 21.4 Å². The van der Waals surface area contributed by atoms with E-state index in [1.54, 1.807) is 6.20 Å². The van der Waals surface area contributed by atoms with Gasteiger partial charge in [-0.2, -0.15) is 0 Å². The molecule has 1 spiro atoms. The van der Waals surface area contributed by atoms with Gasteiger partial charge in [-0.15, -0.1) is 0 Å². The summed E-state index contributed by atoms with van der Waals surface area (Å²) in [6.07, 6.45) is 7.00. The van der Waals surface area contributed by atoms with E-state index in [1.165, 1.54) is 25.7 Å². The maximum absolute atomic E-state index is 5.55. The maximum Gasteiger partial charge on any atom is 0.218 e. The monoisotopic (exact) mass is 293 g/mol. The van der Waals surface area contributed by atoms with Crippen molar-refractivity contribution in [3.8, 4) is 0 Å². The van der Waals surface area contributed by atoms with E-state index in [0.717, 1.165) is 22.6 Å². The third-order valence-electron chi connectivity index (χ3n) is 4.26. The summed E-state index contributed by atoms with van der Waals surface area (Å²) in [6.45, 7) is 6.31. The first-order valence-electron chi connectivity index (χ1n) is 7.47. The summed E-state index contributed by atoms with van der Waals surface area (Å²) < 4.78 is 5.55. The molecule has 3 rings (SSSR count). The molecule has 3 unspecified atom stereocenters. The van der Waals surface area contributed by atoms with Crippen LogP contribution in [0.5, 0.6) is 0 Å². The molecule has 1 aliphatic carbocycles. The van der Waals surface area contributed by atoms with Gasteiger partial charge in [0.05, 0.1) is 6.20 Å². The molecule has 1 N–H and O–H groups in total. The van der Waals surface area contributed by atoms with Crippen molar-refractivity contribution in [1.82, 2.24) is 10.3 Å². The maximum atomic E-state index is 5.55. The molecular weight excluding hydrogens is 270 g/mol. The molecule has 5 heteroatoms. The molecule has 1 aromatic rings. The van der Waals surface area contributed by atoms with E-state index in [0.29, 0.717) is 5.89 Å². The largest absolute Gasteiger partial charge is 0.444 e. The second-order valence-electron chi connectivity index (χ2n) is 6.31. The highest BCUT2D eigenvalue weighted by Crippen LogP contribution is 2.39. The third-order valence-corrected chi connectivity index (χ3v) is 5.43. The van der Waals surface area contributed by atoms with Gasteiger partial charge in [-0.3, -0.25) is 0 Å². The molecule has 2 fully saturated rings. The Hall–Kier alpha value is -0.970. The predicted octanol–water partition coefficient (Wildman–Crippen LogP) is 3.69. The highest BCUT2D eigenvalue weighted by atomic mass is 32.2. The van der Waals surface area contributed by atoms with E-state index in [-0.39, 0.29) is 11.6 Å². The van der Waals surface area contributed by atoms with Gasteiger partial charge < -0.3 is 9.73 Å². The van der Waals surface area contributed by atoms with Crippen molar-refractivity contribution >= 4 is 16.9 Å². The van der Waals surface area contributed by atoms with Crippen LogP contribution in [-0.2, 0) is 0 Å². The topological polar surface area (TPSA) is 50.4 Å². The van der Waals surface area contributed by atoms with Crippen molar-refractivity contribution in [1.29, 1.82) is 0 Å². The quantitative estimate of drug-likeness (QED) is 0.903. The molecule has 0 aromatic carbocycles. The third kappa shape index (κ3) is 2.87. The van der Waals surface area contributed by atoms with Crippen molar-refractivity contribution in [2.24, 2.45) is 10.9 Å². The average molecular weight is 293 g/mol. The molecule has 0 bridgehead atoms. The molecule has 0 amide bonds. The molecule has 4 nitrogen and oxygen atoms in total. The number of oxazole rings is 1. The molecular formula is C15H23N3OS. The molecule has 3 atom stereocenters. The van der Waals surface area contributed by atoms with Gasteiger partial charge >= 0.3 is 0 Å². The number of thioether (sulfide) groups is 1. The summed E-state index contributed by atoms with van der Waals surface area (Å²) in [6, 6.07) is -0.0186. The van der Waals surface area contributed by atoms with Gasteiger partial charge in [0.25, 0.3) is 0 Å². The minimum absolute atomic E-state index is 0.0186. The lowest BCUT2D eigenvalue weighted by molar-refractivity contribution is 0.242. The van der Waals surface area contributed by atoms with Crippen LogP contribution in [0, 0.1) is 12.8 Å². The summed E-state index contributed by atoms with van der Waals surface area (Å²) in [5.41, 5.74) is 0.285. The van der Waals surface area contributed by atoms with Crippen LogP contribution in [0.3, 0.4) is 0 Å². The van der Waals surface area contributed by atoms with E-state index in [4.69, 9.17) is 9.41 Å². The highest BCUT2D eigenvalue weighted by Gasteiger charge is 2.40. The number of rotatable bonds is 2. The van der Waals surface area contributed by atoms with E-state index < -0.39 is 0 Å². The van der Waals surface area contributed by atoms with Crippen LogP contribution in [0.1, 0.15) is 57.2 Å². The van der Waals surface area contributed by atoms with Gasteiger partial charge in [-0.25, -0.2) is 9.98 Å². The first-order valence-corrected chi connectivity index (χ1v) is 8.46. The number of nitrogens with zero attached hydrogens (tertiary/aromatic N) is 2. The van der Waals surface area contributed by atoms with E-state index in [9.17, 15) is 0 Å². The normalized spacial score (nSPS) is 33.5. The fourth-order valence-corrected chi connectivity index (χ4v) is 4.54. The fourth-order valence-electron chi connectivity index (χ4n) is 3.28. The van der Waals surface area contributed by atoms with E-state index in [2.05, 4.69) is 17.2 Å². The number of aryl methyl sites for hydroxylation is 1. The summed E-state index contributed by atoms with van der Waals surface area (Å²) in [5, 5.41) is 4.75. The smallest absolute Gasteiger partial charge is 0.218 e. The van der Waals surface area contributed by atoms with Crippen LogP contribution >= 0.6 is 11.8 Å². The number of hydrogen-bond donors (Lipinski definition) is 1. The number of aliphatic imine (C=N–C) groups is 1. The fraction of sp³-hybridized carbons (Fsp3) is 0.733. The van der Waals surface area contributed by atoms with E-state index >= 15 is 0 Å². The zero-order chi connectivity index (χ0) is 14.2. The molecule has 0 radical (unpaired) electrons.